The molecule has 1 aromatic rings. The van der Waals surface area contributed by atoms with Crippen LogP contribution >= 0.6 is 11.6 Å². The number of benzene rings is 1. The van der Waals surface area contributed by atoms with E-state index in [-0.39, 0.29) is 22.7 Å². The van der Waals surface area contributed by atoms with Crippen LogP contribution in [0.25, 0.3) is 0 Å². The zero-order valence-corrected chi connectivity index (χ0v) is 10.6. The van der Waals surface area contributed by atoms with Gasteiger partial charge in [0, 0.05) is 23.6 Å². The van der Waals surface area contributed by atoms with E-state index >= 15 is 0 Å². The fraction of sp³-hybridized carbons (Fsp3) is 0.455. The maximum atomic E-state index is 13.4. The smallest absolute Gasteiger partial charge is 0.274 e. The van der Waals surface area contributed by atoms with Gasteiger partial charge in [-0.15, -0.1) is 0 Å². The summed E-state index contributed by atoms with van der Waals surface area (Å²) in [6.07, 6.45) is 0. The Hall–Kier alpha value is -1.20. The molecular weight excluding hydrogens is 247 g/mol. The Morgan fingerprint density at radius 2 is 2.06 bits per heavy atom. The zero-order valence-electron chi connectivity index (χ0n) is 9.83. The van der Waals surface area contributed by atoms with Crippen LogP contribution in [0.5, 0.6) is 0 Å². The quantitative estimate of drug-likeness (QED) is 0.669. The van der Waals surface area contributed by atoms with Gasteiger partial charge < -0.3 is 5.32 Å². The molecule has 0 amide bonds. The molecule has 0 aromatic heterocycles. The Kier molecular flexibility index (Phi) is 4.42. The second-order valence-corrected chi connectivity index (χ2v) is 4.36. The summed E-state index contributed by atoms with van der Waals surface area (Å²) in [4.78, 5) is 10.4. The maximum absolute atomic E-state index is 13.4. The van der Waals surface area contributed by atoms with Crippen molar-refractivity contribution < 1.29 is 9.31 Å². The molecule has 0 spiro atoms. The molecule has 6 heteroatoms. The largest absolute Gasteiger partial charge is 0.317 e. The Labute approximate surface area is 104 Å². The summed E-state index contributed by atoms with van der Waals surface area (Å²) >= 11 is 5.55. The van der Waals surface area contributed by atoms with Crippen LogP contribution < -0.4 is 5.32 Å². The topological polar surface area (TPSA) is 55.2 Å². The third kappa shape index (κ3) is 2.92. The van der Waals surface area contributed by atoms with E-state index in [2.05, 4.69) is 5.32 Å². The number of nitrogens with one attached hydrogen (secondary N) is 1. The number of nitro groups is 1. The van der Waals surface area contributed by atoms with E-state index in [1.807, 2.05) is 6.92 Å². The van der Waals surface area contributed by atoms with Crippen molar-refractivity contribution in [3.8, 4) is 0 Å². The minimum absolute atomic E-state index is 0.00530. The molecule has 0 aliphatic carbocycles. The van der Waals surface area contributed by atoms with Gasteiger partial charge in [-0.25, -0.2) is 4.39 Å². The lowest BCUT2D eigenvalue weighted by atomic mass is 9.93. The predicted molar refractivity (Wildman–Crippen MR) is 65.0 cm³/mol. The highest BCUT2D eigenvalue weighted by Crippen LogP contribution is 2.32. The number of nitro benzene ring substituents is 1. The van der Waals surface area contributed by atoms with Crippen LogP contribution in [-0.2, 0) is 0 Å². The molecule has 0 radical (unpaired) electrons. The fourth-order valence-corrected chi connectivity index (χ4v) is 1.75. The average Bonchev–Trinajstić information content (AvgIpc) is 2.29. The van der Waals surface area contributed by atoms with E-state index in [0.717, 1.165) is 12.1 Å². The standard InChI is InChI=1S/C11H14ClFN2O2/c1-6(7(2)14-3)8-4-10(13)9(12)5-11(8)15(16)17/h4-7,14H,1-3H3. The summed E-state index contributed by atoms with van der Waals surface area (Å²) < 4.78 is 13.4. The molecule has 0 aliphatic heterocycles. The molecule has 2 unspecified atom stereocenters. The van der Waals surface area contributed by atoms with Crippen molar-refractivity contribution in [1.82, 2.24) is 5.32 Å². The molecule has 1 aromatic carbocycles. The summed E-state index contributed by atoms with van der Waals surface area (Å²) in [7, 11) is 1.75. The van der Waals surface area contributed by atoms with Crippen molar-refractivity contribution in [3.05, 3.63) is 38.7 Å². The summed E-state index contributed by atoms with van der Waals surface area (Å²) in [5.74, 6) is -0.824. The average molecular weight is 261 g/mol. The monoisotopic (exact) mass is 260 g/mol. The van der Waals surface area contributed by atoms with Gasteiger partial charge in [-0.3, -0.25) is 10.1 Å². The van der Waals surface area contributed by atoms with Crippen LogP contribution in [0.4, 0.5) is 10.1 Å². The third-order valence-electron chi connectivity index (χ3n) is 2.96. The van der Waals surface area contributed by atoms with Crippen molar-refractivity contribution in [2.75, 3.05) is 7.05 Å². The van der Waals surface area contributed by atoms with Gasteiger partial charge in [-0.2, -0.15) is 0 Å². The Balaban J connectivity index is 3.30. The van der Waals surface area contributed by atoms with Gasteiger partial charge in [-0.1, -0.05) is 18.5 Å². The van der Waals surface area contributed by atoms with Crippen LogP contribution in [0.3, 0.4) is 0 Å². The Morgan fingerprint density at radius 1 is 1.47 bits per heavy atom. The minimum Gasteiger partial charge on any atom is -0.317 e. The van der Waals surface area contributed by atoms with E-state index in [0.29, 0.717) is 5.56 Å². The summed E-state index contributed by atoms with van der Waals surface area (Å²) in [6, 6.07) is 2.19. The van der Waals surface area contributed by atoms with Gasteiger partial charge in [0.2, 0.25) is 0 Å². The molecule has 17 heavy (non-hydrogen) atoms. The highest BCUT2D eigenvalue weighted by atomic mass is 35.5. The normalized spacial score (nSPS) is 14.4. The lowest BCUT2D eigenvalue weighted by molar-refractivity contribution is -0.385. The van der Waals surface area contributed by atoms with Gasteiger partial charge >= 0.3 is 0 Å². The molecule has 2 atom stereocenters. The molecule has 0 heterocycles. The second kappa shape index (κ2) is 5.42. The predicted octanol–water partition coefficient (Wildman–Crippen LogP) is 3.10. The SMILES string of the molecule is CNC(C)C(C)c1cc(F)c(Cl)cc1[N+](=O)[O-]. The van der Waals surface area contributed by atoms with E-state index in [1.54, 1.807) is 14.0 Å². The van der Waals surface area contributed by atoms with Gasteiger partial charge in [0.05, 0.1) is 9.95 Å². The molecule has 0 saturated carbocycles. The number of likely N-dealkylation sites (N-methyl/N-ethyl adjacent to an activating group) is 1. The van der Waals surface area contributed by atoms with Crippen LogP contribution in [0.1, 0.15) is 25.3 Å². The first-order valence-electron chi connectivity index (χ1n) is 5.19. The zero-order chi connectivity index (χ0) is 13.2. The first-order chi connectivity index (χ1) is 7.88. The molecule has 0 bridgehead atoms. The van der Waals surface area contributed by atoms with Crippen LogP contribution in [0.2, 0.25) is 5.02 Å². The molecular formula is C11H14ClFN2O2. The first-order valence-corrected chi connectivity index (χ1v) is 5.56. The van der Waals surface area contributed by atoms with Crippen molar-refractivity contribution in [2.45, 2.75) is 25.8 Å². The number of nitrogens with zero attached hydrogens (tertiary/aromatic N) is 1. The number of hydrogen-bond donors (Lipinski definition) is 1. The number of hydrogen-bond acceptors (Lipinski definition) is 3. The lowest BCUT2D eigenvalue weighted by Crippen LogP contribution is -2.27. The minimum atomic E-state index is -0.637. The van der Waals surface area contributed by atoms with E-state index in [4.69, 9.17) is 11.6 Å². The second-order valence-electron chi connectivity index (χ2n) is 3.95. The Bertz CT molecular complexity index is 440. The third-order valence-corrected chi connectivity index (χ3v) is 3.25. The van der Waals surface area contributed by atoms with Gasteiger partial charge in [0.25, 0.3) is 5.69 Å². The highest BCUT2D eigenvalue weighted by molar-refractivity contribution is 6.31. The van der Waals surface area contributed by atoms with E-state index in [9.17, 15) is 14.5 Å². The van der Waals surface area contributed by atoms with Crippen molar-refractivity contribution >= 4 is 17.3 Å². The fourth-order valence-electron chi connectivity index (χ4n) is 1.59. The van der Waals surface area contributed by atoms with Gasteiger partial charge in [0.1, 0.15) is 5.82 Å². The molecule has 4 nitrogen and oxygen atoms in total. The number of rotatable bonds is 4. The highest BCUT2D eigenvalue weighted by Gasteiger charge is 2.24. The van der Waals surface area contributed by atoms with Gasteiger partial charge in [0.15, 0.2) is 0 Å². The first kappa shape index (κ1) is 13.9. The van der Waals surface area contributed by atoms with Crippen molar-refractivity contribution in [3.63, 3.8) is 0 Å². The molecule has 1 N–H and O–H groups in total. The maximum Gasteiger partial charge on any atom is 0.274 e. The summed E-state index contributed by atoms with van der Waals surface area (Å²) in [5, 5.41) is 13.7. The molecule has 0 aliphatic rings. The summed E-state index contributed by atoms with van der Waals surface area (Å²) in [5.41, 5.74) is 0.199. The van der Waals surface area contributed by atoms with Crippen LogP contribution in [0.15, 0.2) is 12.1 Å². The number of halogens is 2. The van der Waals surface area contributed by atoms with E-state index in [1.165, 1.54) is 0 Å². The molecule has 94 valence electrons. The van der Waals surface area contributed by atoms with E-state index < -0.39 is 10.7 Å². The molecule has 1 rings (SSSR count). The van der Waals surface area contributed by atoms with Crippen LogP contribution in [0, 0.1) is 15.9 Å². The lowest BCUT2D eigenvalue weighted by Gasteiger charge is -2.19. The van der Waals surface area contributed by atoms with Crippen molar-refractivity contribution in [2.24, 2.45) is 0 Å². The molecule has 0 saturated heterocycles. The van der Waals surface area contributed by atoms with Crippen LogP contribution in [-0.4, -0.2) is 18.0 Å². The summed E-state index contributed by atoms with van der Waals surface area (Å²) in [6.45, 7) is 3.68. The Morgan fingerprint density at radius 3 is 2.53 bits per heavy atom. The molecule has 0 fully saturated rings. The van der Waals surface area contributed by atoms with Crippen molar-refractivity contribution in [1.29, 1.82) is 0 Å². The van der Waals surface area contributed by atoms with Gasteiger partial charge in [-0.05, 0) is 20.0 Å².